The Labute approximate surface area is 128 Å². The molecule has 1 N–H and O–H groups in total. The third kappa shape index (κ3) is 4.84. The average Bonchev–Trinajstić information content (AvgIpc) is 2.40. The van der Waals surface area contributed by atoms with E-state index < -0.39 is 0 Å². The highest BCUT2D eigenvalue weighted by molar-refractivity contribution is 14.1. The first-order chi connectivity index (χ1) is 9.13. The minimum Gasteiger partial charge on any atom is -0.457 e. The number of rotatable bonds is 5. The van der Waals surface area contributed by atoms with E-state index in [4.69, 9.17) is 4.74 Å². The monoisotopic (exact) mass is 367 g/mol. The maximum absolute atomic E-state index is 5.79. The second-order valence-corrected chi connectivity index (χ2v) is 5.98. The van der Waals surface area contributed by atoms with Gasteiger partial charge in [-0.2, -0.15) is 0 Å². The fourth-order valence-corrected chi connectivity index (χ4v) is 2.00. The van der Waals surface area contributed by atoms with Crippen molar-refractivity contribution >= 4 is 22.6 Å². The van der Waals surface area contributed by atoms with Crippen LogP contribution in [0.2, 0.25) is 0 Å². The van der Waals surface area contributed by atoms with Gasteiger partial charge in [-0.1, -0.05) is 26.0 Å². The summed E-state index contributed by atoms with van der Waals surface area (Å²) in [6, 6.07) is 16.8. The second-order valence-electron chi connectivity index (χ2n) is 4.74. The molecule has 0 amide bonds. The predicted octanol–water partition coefficient (Wildman–Crippen LogP) is 4.58. The van der Waals surface area contributed by atoms with Crippen LogP contribution in [0.15, 0.2) is 48.5 Å². The second kappa shape index (κ2) is 6.91. The van der Waals surface area contributed by atoms with E-state index in [-0.39, 0.29) is 0 Å². The molecule has 0 saturated carbocycles. The number of ether oxygens (including phenoxy) is 1. The molecular weight excluding hydrogens is 349 g/mol. The zero-order chi connectivity index (χ0) is 13.7. The molecule has 0 saturated heterocycles. The van der Waals surface area contributed by atoms with E-state index in [0.717, 1.165) is 18.0 Å². The van der Waals surface area contributed by atoms with Gasteiger partial charge in [-0.25, -0.2) is 0 Å². The van der Waals surface area contributed by atoms with Crippen molar-refractivity contribution in [3.05, 3.63) is 57.7 Å². The molecule has 0 bridgehead atoms. The van der Waals surface area contributed by atoms with E-state index >= 15 is 0 Å². The molecule has 2 nitrogen and oxygen atoms in total. The van der Waals surface area contributed by atoms with E-state index in [2.05, 4.69) is 53.9 Å². The smallest absolute Gasteiger partial charge is 0.127 e. The van der Waals surface area contributed by atoms with Crippen molar-refractivity contribution in [3.63, 3.8) is 0 Å². The van der Waals surface area contributed by atoms with Crippen molar-refractivity contribution in [2.45, 2.75) is 26.4 Å². The lowest BCUT2D eigenvalue weighted by Gasteiger charge is -2.09. The molecule has 0 aliphatic heterocycles. The van der Waals surface area contributed by atoms with E-state index in [1.165, 1.54) is 9.13 Å². The Bertz CT molecular complexity index is 505. The lowest BCUT2D eigenvalue weighted by atomic mass is 10.2. The van der Waals surface area contributed by atoms with Crippen molar-refractivity contribution in [1.82, 2.24) is 5.32 Å². The molecule has 2 rings (SSSR count). The number of hydrogen-bond donors (Lipinski definition) is 1. The summed E-state index contributed by atoms with van der Waals surface area (Å²) in [5, 5.41) is 3.40. The van der Waals surface area contributed by atoms with Gasteiger partial charge in [-0.05, 0) is 64.6 Å². The quantitative estimate of drug-likeness (QED) is 0.781. The van der Waals surface area contributed by atoms with Crippen LogP contribution in [0.4, 0.5) is 0 Å². The number of nitrogens with one attached hydrogen (secondary N) is 1. The van der Waals surface area contributed by atoms with E-state index in [1.54, 1.807) is 0 Å². The molecule has 2 aromatic carbocycles. The minimum absolute atomic E-state index is 0.503. The topological polar surface area (TPSA) is 21.3 Å². The Hall–Kier alpha value is -1.07. The van der Waals surface area contributed by atoms with E-state index in [1.807, 2.05) is 36.4 Å². The Morgan fingerprint density at radius 3 is 2.00 bits per heavy atom. The van der Waals surface area contributed by atoms with Crippen LogP contribution in [0, 0.1) is 3.57 Å². The van der Waals surface area contributed by atoms with Gasteiger partial charge < -0.3 is 10.1 Å². The number of benzene rings is 2. The van der Waals surface area contributed by atoms with Gasteiger partial charge in [-0.3, -0.25) is 0 Å². The zero-order valence-electron chi connectivity index (χ0n) is 11.2. The van der Waals surface area contributed by atoms with Gasteiger partial charge in [0.1, 0.15) is 11.5 Å². The van der Waals surface area contributed by atoms with Crippen molar-refractivity contribution in [2.24, 2.45) is 0 Å². The first kappa shape index (κ1) is 14.3. The zero-order valence-corrected chi connectivity index (χ0v) is 13.3. The predicted molar refractivity (Wildman–Crippen MR) is 87.7 cm³/mol. The molecule has 100 valence electrons. The molecule has 0 atom stereocenters. The SMILES string of the molecule is CC(C)NCc1ccc(Oc2ccc(I)cc2)cc1. The Morgan fingerprint density at radius 1 is 0.947 bits per heavy atom. The summed E-state index contributed by atoms with van der Waals surface area (Å²) in [4.78, 5) is 0. The molecule has 0 fully saturated rings. The maximum Gasteiger partial charge on any atom is 0.127 e. The molecule has 0 aliphatic rings. The molecule has 0 aromatic heterocycles. The summed E-state index contributed by atoms with van der Waals surface area (Å²) < 4.78 is 7.00. The van der Waals surface area contributed by atoms with Crippen LogP contribution in [-0.4, -0.2) is 6.04 Å². The third-order valence-electron chi connectivity index (χ3n) is 2.69. The third-order valence-corrected chi connectivity index (χ3v) is 3.41. The summed E-state index contributed by atoms with van der Waals surface area (Å²) in [5.41, 5.74) is 1.27. The van der Waals surface area contributed by atoms with Crippen LogP contribution in [0.5, 0.6) is 11.5 Å². The maximum atomic E-state index is 5.79. The lowest BCUT2D eigenvalue weighted by Crippen LogP contribution is -2.21. The summed E-state index contributed by atoms with van der Waals surface area (Å²) >= 11 is 2.28. The lowest BCUT2D eigenvalue weighted by molar-refractivity contribution is 0.482. The molecule has 3 heteroatoms. The highest BCUT2D eigenvalue weighted by Crippen LogP contribution is 2.22. The van der Waals surface area contributed by atoms with Crippen molar-refractivity contribution in [1.29, 1.82) is 0 Å². The van der Waals surface area contributed by atoms with Gasteiger partial charge in [0.05, 0.1) is 0 Å². The Balaban J connectivity index is 1.96. The van der Waals surface area contributed by atoms with Crippen LogP contribution in [0.3, 0.4) is 0 Å². The Morgan fingerprint density at radius 2 is 1.47 bits per heavy atom. The molecule has 2 aromatic rings. The summed E-state index contributed by atoms with van der Waals surface area (Å²) in [6.07, 6.45) is 0. The van der Waals surface area contributed by atoms with Gasteiger partial charge in [-0.15, -0.1) is 0 Å². The van der Waals surface area contributed by atoms with Gasteiger partial charge in [0.25, 0.3) is 0 Å². The summed E-state index contributed by atoms with van der Waals surface area (Å²) in [6.45, 7) is 5.18. The molecule has 0 aliphatic carbocycles. The molecule has 0 spiro atoms. The summed E-state index contributed by atoms with van der Waals surface area (Å²) in [5.74, 6) is 1.74. The first-order valence-corrected chi connectivity index (χ1v) is 7.47. The number of hydrogen-bond acceptors (Lipinski definition) is 2. The molecule has 19 heavy (non-hydrogen) atoms. The highest BCUT2D eigenvalue weighted by atomic mass is 127. The summed E-state index contributed by atoms with van der Waals surface area (Å²) in [7, 11) is 0. The van der Waals surface area contributed by atoms with E-state index in [0.29, 0.717) is 6.04 Å². The van der Waals surface area contributed by atoms with Crippen molar-refractivity contribution < 1.29 is 4.74 Å². The minimum atomic E-state index is 0.503. The molecule has 0 radical (unpaired) electrons. The van der Waals surface area contributed by atoms with Crippen molar-refractivity contribution in [2.75, 3.05) is 0 Å². The van der Waals surface area contributed by atoms with Crippen LogP contribution in [0.25, 0.3) is 0 Å². The molecule has 0 unspecified atom stereocenters. The van der Waals surface area contributed by atoms with Crippen LogP contribution < -0.4 is 10.1 Å². The average molecular weight is 367 g/mol. The van der Waals surface area contributed by atoms with Crippen LogP contribution in [0.1, 0.15) is 19.4 Å². The fraction of sp³-hybridized carbons (Fsp3) is 0.250. The van der Waals surface area contributed by atoms with Crippen molar-refractivity contribution in [3.8, 4) is 11.5 Å². The fourth-order valence-electron chi connectivity index (χ4n) is 1.64. The molecule has 0 heterocycles. The van der Waals surface area contributed by atoms with Crippen LogP contribution in [-0.2, 0) is 6.54 Å². The highest BCUT2D eigenvalue weighted by Gasteiger charge is 1.99. The normalized spacial score (nSPS) is 10.7. The van der Waals surface area contributed by atoms with E-state index in [9.17, 15) is 0 Å². The first-order valence-electron chi connectivity index (χ1n) is 6.39. The van der Waals surface area contributed by atoms with Gasteiger partial charge in [0.2, 0.25) is 0 Å². The number of halogens is 1. The standard InChI is InChI=1S/C16H18INO/c1-12(2)18-11-13-3-7-15(8-4-13)19-16-9-5-14(17)6-10-16/h3-10,12,18H,11H2,1-2H3. The van der Waals surface area contributed by atoms with Gasteiger partial charge >= 0.3 is 0 Å². The Kier molecular flexibility index (Phi) is 5.22. The van der Waals surface area contributed by atoms with Gasteiger partial charge in [0.15, 0.2) is 0 Å². The largest absolute Gasteiger partial charge is 0.457 e. The molecular formula is C16H18INO. The van der Waals surface area contributed by atoms with Crippen LogP contribution >= 0.6 is 22.6 Å². The van der Waals surface area contributed by atoms with Gasteiger partial charge in [0, 0.05) is 16.2 Å².